The van der Waals surface area contributed by atoms with Crippen LogP contribution in [-0.2, 0) is 11.0 Å². The molecule has 3 aromatic carbocycles. The maximum absolute atomic E-state index is 13.5. The summed E-state index contributed by atoms with van der Waals surface area (Å²) in [5.41, 5.74) is 2.12. The molecule has 1 fully saturated rings. The number of hydrogen-bond acceptors (Lipinski definition) is 2. The molecule has 0 aliphatic carbocycles. The molecule has 1 heterocycles. The lowest BCUT2D eigenvalue weighted by molar-refractivity contribution is -0.145. The van der Waals surface area contributed by atoms with Gasteiger partial charge in [0.25, 0.3) is 0 Å². The first-order valence-electron chi connectivity index (χ1n) is 10.8. The highest BCUT2D eigenvalue weighted by Gasteiger charge is 2.38. The summed E-state index contributed by atoms with van der Waals surface area (Å²) < 4.78 is 40.5. The van der Waals surface area contributed by atoms with Crippen molar-refractivity contribution in [2.45, 2.75) is 37.5 Å². The van der Waals surface area contributed by atoms with Crippen LogP contribution in [0, 0.1) is 0 Å². The maximum Gasteiger partial charge on any atom is 0.416 e. The fourth-order valence-electron chi connectivity index (χ4n) is 4.50. The Morgan fingerprint density at radius 3 is 2.27 bits per heavy atom. The average Bonchev–Trinajstić information content (AvgIpc) is 2.81. The van der Waals surface area contributed by atoms with Crippen molar-refractivity contribution < 1.29 is 23.1 Å². The number of likely N-dealkylation sites (tertiary alicyclic amines) is 1. The molecule has 0 radical (unpaired) electrons. The fraction of sp³-hybridized carbons (Fsp3) is 0.269. The van der Waals surface area contributed by atoms with E-state index in [1.807, 2.05) is 54.6 Å². The predicted octanol–water partition coefficient (Wildman–Crippen LogP) is 7.05. The SMILES string of the molecule is O=C(O)C1CCCCN1C(c1ccc(-c2ccccc2)cc1)c1cc(C(F)(F)F)ccc1Cl. The van der Waals surface area contributed by atoms with Gasteiger partial charge in [-0.3, -0.25) is 9.69 Å². The summed E-state index contributed by atoms with van der Waals surface area (Å²) in [7, 11) is 0. The molecule has 0 spiro atoms. The normalized spacial score (nSPS) is 18.1. The molecule has 1 saturated heterocycles. The van der Waals surface area contributed by atoms with Crippen LogP contribution >= 0.6 is 11.6 Å². The van der Waals surface area contributed by atoms with Crippen molar-refractivity contribution in [2.24, 2.45) is 0 Å². The van der Waals surface area contributed by atoms with Gasteiger partial charge in [-0.15, -0.1) is 0 Å². The molecule has 0 amide bonds. The summed E-state index contributed by atoms with van der Waals surface area (Å²) in [6.07, 6.45) is -2.58. The van der Waals surface area contributed by atoms with E-state index in [1.165, 1.54) is 6.07 Å². The second-order valence-corrected chi connectivity index (χ2v) is 8.62. The Kier molecular flexibility index (Phi) is 6.77. The van der Waals surface area contributed by atoms with E-state index in [4.69, 9.17) is 11.6 Å². The van der Waals surface area contributed by atoms with E-state index in [9.17, 15) is 23.1 Å². The van der Waals surface area contributed by atoms with Crippen LogP contribution < -0.4 is 0 Å². The van der Waals surface area contributed by atoms with Gasteiger partial charge in [0.2, 0.25) is 0 Å². The lowest BCUT2D eigenvalue weighted by Gasteiger charge is -2.40. The monoisotopic (exact) mass is 473 g/mol. The molecule has 4 rings (SSSR count). The number of carboxylic acid groups (broad SMARTS) is 1. The van der Waals surface area contributed by atoms with Crippen LogP contribution in [0.5, 0.6) is 0 Å². The Hall–Kier alpha value is -2.83. The zero-order valence-electron chi connectivity index (χ0n) is 17.7. The van der Waals surface area contributed by atoms with Gasteiger partial charge in [-0.25, -0.2) is 0 Å². The van der Waals surface area contributed by atoms with Crippen LogP contribution in [0.3, 0.4) is 0 Å². The van der Waals surface area contributed by atoms with E-state index < -0.39 is 29.8 Å². The molecular weight excluding hydrogens is 451 g/mol. The minimum absolute atomic E-state index is 0.176. The number of alkyl halides is 3. The van der Waals surface area contributed by atoms with Gasteiger partial charge in [0.1, 0.15) is 6.04 Å². The lowest BCUT2D eigenvalue weighted by Crippen LogP contribution is -2.47. The third kappa shape index (κ3) is 5.07. The van der Waals surface area contributed by atoms with Crippen molar-refractivity contribution in [1.29, 1.82) is 0 Å². The van der Waals surface area contributed by atoms with Crippen LogP contribution in [0.4, 0.5) is 13.2 Å². The summed E-state index contributed by atoms with van der Waals surface area (Å²) in [6, 6.07) is 18.9. The number of hydrogen-bond donors (Lipinski definition) is 1. The number of aliphatic carboxylic acids is 1. The zero-order chi connectivity index (χ0) is 23.6. The molecule has 1 N–H and O–H groups in total. The Morgan fingerprint density at radius 1 is 0.970 bits per heavy atom. The molecule has 172 valence electrons. The van der Waals surface area contributed by atoms with Gasteiger partial charge in [-0.05, 0) is 59.8 Å². The lowest BCUT2D eigenvalue weighted by atomic mass is 9.90. The molecule has 3 aromatic rings. The molecule has 33 heavy (non-hydrogen) atoms. The molecule has 2 atom stereocenters. The first-order valence-corrected chi connectivity index (χ1v) is 11.1. The highest BCUT2D eigenvalue weighted by Crippen LogP contribution is 2.41. The molecule has 1 aliphatic rings. The molecule has 1 aliphatic heterocycles. The number of rotatable bonds is 5. The van der Waals surface area contributed by atoms with Crippen LogP contribution in [0.2, 0.25) is 5.02 Å². The summed E-state index contributed by atoms with van der Waals surface area (Å²) in [4.78, 5) is 13.8. The smallest absolute Gasteiger partial charge is 0.416 e. The molecule has 0 aromatic heterocycles. The van der Waals surface area contributed by atoms with Crippen LogP contribution in [0.25, 0.3) is 11.1 Å². The van der Waals surface area contributed by atoms with Crippen molar-refractivity contribution in [1.82, 2.24) is 4.90 Å². The number of halogens is 4. The average molecular weight is 474 g/mol. The number of benzene rings is 3. The highest BCUT2D eigenvalue weighted by molar-refractivity contribution is 6.31. The minimum Gasteiger partial charge on any atom is -0.480 e. The number of piperidine rings is 1. The molecular formula is C26H23ClF3NO2. The van der Waals surface area contributed by atoms with Crippen molar-refractivity contribution in [2.75, 3.05) is 6.54 Å². The van der Waals surface area contributed by atoms with Crippen LogP contribution in [0.1, 0.15) is 42.0 Å². The number of carboxylic acids is 1. The highest BCUT2D eigenvalue weighted by atomic mass is 35.5. The van der Waals surface area contributed by atoms with Gasteiger partial charge in [-0.2, -0.15) is 13.2 Å². The van der Waals surface area contributed by atoms with Gasteiger partial charge in [0.05, 0.1) is 11.6 Å². The summed E-state index contributed by atoms with van der Waals surface area (Å²) >= 11 is 6.42. The second-order valence-electron chi connectivity index (χ2n) is 8.21. The quantitative estimate of drug-likeness (QED) is 0.431. The third-order valence-corrected chi connectivity index (χ3v) is 6.46. The molecule has 3 nitrogen and oxygen atoms in total. The van der Waals surface area contributed by atoms with E-state index >= 15 is 0 Å². The Bertz CT molecular complexity index is 1120. The van der Waals surface area contributed by atoms with Gasteiger partial charge < -0.3 is 5.11 Å². The summed E-state index contributed by atoms with van der Waals surface area (Å²) in [5.74, 6) is -0.983. The van der Waals surface area contributed by atoms with Crippen LogP contribution in [0.15, 0.2) is 72.8 Å². The second kappa shape index (κ2) is 9.57. The van der Waals surface area contributed by atoms with E-state index in [0.29, 0.717) is 18.5 Å². The van der Waals surface area contributed by atoms with E-state index in [1.54, 1.807) is 4.90 Å². The Balaban J connectivity index is 1.83. The van der Waals surface area contributed by atoms with Crippen molar-refractivity contribution in [3.05, 3.63) is 94.5 Å². The third-order valence-electron chi connectivity index (χ3n) is 6.11. The van der Waals surface area contributed by atoms with Gasteiger partial charge >= 0.3 is 12.1 Å². The first kappa shape index (κ1) is 23.3. The maximum atomic E-state index is 13.5. The number of carbonyl (C=O) groups is 1. The predicted molar refractivity (Wildman–Crippen MR) is 122 cm³/mol. The topological polar surface area (TPSA) is 40.5 Å². The van der Waals surface area contributed by atoms with E-state index in [-0.39, 0.29) is 10.6 Å². The zero-order valence-corrected chi connectivity index (χ0v) is 18.5. The molecule has 7 heteroatoms. The molecule has 2 unspecified atom stereocenters. The first-order chi connectivity index (χ1) is 15.8. The Labute approximate surface area is 195 Å². The minimum atomic E-state index is -4.53. The summed E-state index contributed by atoms with van der Waals surface area (Å²) in [5, 5.41) is 10.0. The Morgan fingerprint density at radius 2 is 1.64 bits per heavy atom. The van der Waals surface area contributed by atoms with Gasteiger partial charge in [0, 0.05) is 5.02 Å². The summed E-state index contributed by atoms with van der Waals surface area (Å²) in [6.45, 7) is 0.453. The van der Waals surface area contributed by atoms with Gasteiger partial charge in [-0.1, -0.05) is 72.6 Å². The van der Waals surface area contributed by atoms with Crippen LogP contribution in [-0.4, -0.2) is 28.6 Å². The standard InChI is InChI=1S/C26H23ClF3NO2/c27-22-14-13-20(26(28,29)30)16-21(22)24(31-15-5-4-8-23(31)25(32)33)19-11-9-18(10-12-19)17-6-2-1-3-7-17/h1-3,6-7,9-14,16,23-24H,4-5,8,15H2,(H,32,33). The number of nitrogens with zero attached hydrogens (tertiary/aromatic N) is 1. The van der Waals surface area contributed by atoms with E-state index in [2.05, 4.69) is 0 Å². The van der Waals surface area contributed by atoms with Gasteiger partial charge in [0.15, 0.2) is 0 Å². The van der Waals surface area contributed by atoms with E-state index in [0.717, 1.165) is 36.1 Å². The van der Waals surface area contributed by atoms with Crippen molar-refractivity contribution in [3.8, 4) is 11.1 Å². The molecule has 0 saturated carbocycles. The van der Waals surface area contributed by atoms with Crippen molar-refractivity contribution >= 4 is 17.6 Å². The molecule has 0 bridgehead atoms. The van der Waals surface area contributed by atoms with Crippen molar-refractivity contribution in [3.63, 3.8) is 0 Å². The largest absolute Gasteiger partial charge is 0.480 e. The fourth-order valence-corrected chi connectivity index (χ4v) is 4.72.